The van der Waals surface area contributed by atoms with Crippen LogP contribution in [-0.4, -0.2) is 25.7 Å². The van der Waals surface area contributed by atoms with Crippen LogP contribution in [0, 0.1) is 6.92 Å². The molecule has 3 aromatic heterocycles. The summed E-state index contributed by atoms with van der Waals surface area (Å²) in [6.07, 6.45) is 1.73. The maximum Gasteiger partial charge on any atom is 0.252 e. The Morgan fingerprint density at radius 3 is 2.62 bits per heavy atom. The van der Waals surface area contributed by atoms with Crippen molar-refractivity contribution in [2.75, 3.05) is 5.32 Å². The van der Waals surface area contributed by atoms with Crippen molar-refractivity contribution in [1.29, 1.82) is 0 Å². The lowest BCUT2D eigenvalue weighted by Crippen LogP contribution is -2.20. The van der Waals surface area contributed by atoms with Crippen LogP contribution in [0.3, 0.4) is 0 Å². The fourth-order valence-corrected chi connectivity index (χ4v) is 3.67. The number of hydrogen-bond donors (Lipinski definition) is 2. The van der Waals surface area contributed by atoms with E-state index in [0.717, 1.165) is 16.7 Å². The molecule has 34 heavy (non-hydrogen) atoms. The summed E-state index contributed by atoms with van der Waals surface area (Å²) in [6, 6.07) is 23.8. The monoisotopic (exact) mass is 451 g/mol. The Hall–Kier alpha value is -4.72. The number of hydrogen-bond acceptors (Lipinski definition) is 5. The third-order valence-corrected chi connectivity index (χ3v) is 5.20. The second kappa shape index (κ2) is 9.03. The minimum Gasteiger partial charge on any atom is -0.463 e. The number of aromatic amines is 1. The van der Waals surface area contributed by atoms with Gasteiger partial charge in [-0.05, 0) is 24.6 Å². The molecule has 2 N–H and O–H groups in total. The molecule has 5 rings (SSSR count). The summed E-state index contributed by atoms with van der Waals surface area (Å²) >= 11 is 0. The van der Waals surface area contributed by atoms with Crippen molar-refractivity contribution in [3.8, 4) is 28.7 Å². The number of benzene rings is 2. The first-order chi connectivity index (χ1) is 16.5. The third-order valence-electron chi connectivity index (χ3n) is 5.20. The number of carbonyl (C=O) groups is 1. The van der Waals surface area contributed by atoms with Gasteiger partial charge in [0.15, 0.2) is 5.76 Å². The van der Waals surface area contributed by atoms with Gasteiger partial charge < -0.3 is 9.73 Å². The second-order valence-corrected chi connectivity index (χ2v) is 7.84. The lowest BCUT2D eigenvalue weighted by atomic mass is 10.1. The van der Waals surface area contributed by atoms with E-state index >= 15 is 0 Å². The maximum atomic E-state index is 12.9. The van der Waals surface area contributed by atoms with Crippen molar-refractivity contribution in [2.24, 2.45) is 0 Å². The Morgan fingerprint density at radius 1 is 1.00 bits per heavy atom. The Labute approximate surface area is 194 Å². The van der Waals surface area contributed by atoms with E-state index in [4.69, 9.17) is 4.42 Å². The summed E-state index contributed by atoms with van der Waals surface area (Å²) in [6.45, 7) is 1.98. The highest BCUT2D eigenvalue weighted by Crippen LogP contribution is 2.25. The summed E-state index contributed by atoms with van der Waals surface area (Å²) in [5, 5.41) is 7.44. The molecule has 0 aliphatic heterocycles. The fourth-order valence-electron chi connectivity index (χ4n) is 3.67. The van der Waals surface area contributed by atoms with E-state index in [-0.39, 0.29) is 23.8 Å². The average molecular weight is 451 g/mol. The van der Waals surface area contributed by atoms with Crippen LogP contribution in [0.4, 0.5) is 5.82 Å². The van der Waals surface area contributed by atoms with E-state index in [0.29, 0.717) is 23.0 Å². The van der Waals surface area contributed by atoms with Crippen molar-refractivity contribution >= 4 is 11.7 Å². The molecule has 2 aromatic carbocycles. The van der Waals surface area contributed by atoms with Gasteiger partial charge in [0.2, 0.25) is 11.9 Å². The molecule has 0 fully saturated rings. The summed E-state index contributed by atoms with van der Waals surface area (Å²) in [5.41, 5.74) is 3.41. The van der Waals surface area contributed by atoms with Crippen LogP contribution in [-0.2, 0) is 11.2 Å². The molecule has 168 valence electrons. The lowest BCUT2D eigenvalue weighted by molar-refractivity contribution is -0.115. The number of carbonyl (C=O) groups excluding carboxylic acids is 1. The minimum atomic E-state index is -0.337. The van der Waals surface area contributed by atoms with Gasteiger partial charge in [-0.25, -0.2) is 4.98 Å². The highest BCUT2D eigenvalue weighted by Gasteiger charge is 2.18. The topological polar surface area (TPSA) is 106 Å². The first kappa shape index (κ1) is 21.1. The zero-order chi connectivity index (χ0) is 23.5. The quantitative estimate of drug-likeness (QED) is 0.399. The molecule has 0 bridgehead atoms. The predicted octanol–water partition coefficient (Wildman–Crippen LogP) is 4.37. The van der Waals surface area contributed by atoms with E-state index < -0.39 is 0 Å². The number of anilines is 1. The molecule has 0 radical (unpaired) electrons. The fraction of sp³-hybridized carbons (Fsp3) is 0.0769. The van der Waals surface area contributed by atoms with Crippen LogP contribution in [0.25, 0.3) is 28.7 Å². The number of aromatic nitrogens is 4. The van der Waals surface area contributed by atoms with Crippen LogP contribution >= 0.6 is 0 Å². The van der Waals surface area contributed by atoms with E-state index in [1.165, 1.54) is 10.7 Å². The average Bonchev–Trinajstić information content (AvgIpc) is 3.49. The molecule has 0 saturated carbocycles. The van der Waals surface area contributed by atoms with Crippen molar-refractivity contribution in [3.63, 3.8) is 0 Å². The maximum absolute atomic E-state index is 12.9. The van der Waals surface area contributed by atoms with Crippen LogP contribution in [0.2, 0.25) is 0 Å². The number of rotatable bonds is 6. The molecule has 0 aliphatic carbocycles. The second-order valence-electron chi connectivity index (χ2n) is 7.84. The van der Waals surface area contributed by atoms with E-state index in [1.54, 1.807) is 24.5 Å². The van der Waals surface area contributed by atoms with Crippen LogP contribution in [0.1, 0.15) is 11.1 Å². The van der Waals surface area contributed by atoms with Gasteiger partial charge in [0, 0.05) is 17.7 Å². The molecular formula is C26H21N5O3. The largest absolute Gasteiger partial charge is 0.463 e. The molecule has 8 heteroatoms. The number of nitrogens with one attached hydrogen (secondary N) is 2. The SMILES string of the molecule is Cc1cccc(CC(=O)Nc2cc(-c3ccco3)nn2-c2nc(-c3ccccc3)cc(=O)[nH]2)c1. The first-order valence-corrected chi connectivity index (χ1v) is 10.7. The van der Waals surface area contributed by atoms with Gasteiger partial charge in [-0.2, -0.15) is 9.78 Å². The Kier molecular flexibility index (Phi) is 5.61. The molecule has 1 amide bonds. The van der Waals surface area contributed by atoms with Crippen molar-refractivity contribution < 1.29 is 9.21 Å². The highest BCUT2D eigenvalue weighted by atomic mass is 16.3. The van der Waals surface area contributed by atoms with Gasteiger partial charge in [-0.1, -0.05) is 60.2 Å². The molecule has 0 saturated heterocycles. The standard InChI is InChI=1S/C26H21N5O3/c1-17-7-5-8-18(13-17)14-24(32)28-23-15-21(22-11-6-12-34-22)30-31(23)26-27-20(16-25(33)29-26)19-9-3-2-4-10-19/h2-13,15-16H,14H2,1H3,(H,28,32)(H,27,29,33). The molecule has 0 unspecified atom stereocenters. The summed E-state index contributed by atoms with van der Waals surface area (Å²) in [7, 11) is 0. The van der Waals surface area contributed by atoms with Crippen LogP contribution in [0.15, 0.2) is 94.3 Å². The van der Waals surface area contributed by atoms with Gasteiger partial charge >= 0.3 is 0 Å². The zero-order valence-electron chi connectivity index (χ0n) is 18.4. The summed E-state index contributed by atoms with van der Waals surface area (Å²) in [4.78, 5) is 32.6. The molecule has 5 aromatic rings. The molecule has 0 atom stereocenters. The van der Waals surface area contributed by atoms with Crippen molar-refractivity contribution in [1.82, 2.24) is 19.7 Å². The van der Waals surface area contributed by atoms with E-state index in [2.05, 4.69) is 20.4 Å². The van der Waals surface area contributed by atoms with Crippen LogP contribution in [0.5, 0.6) is 0 Å². The van der Waals surface area contributed by atoms with Crippen molar-refractivity contribution in [2.45, 2.75) is 13.3 Å². The lowest BCUT2D eigenvalue weighted by Gasteiger charge is -2.09. The normalized spacial score (nSPS) is 10.9. The molecule has 8 nitrogen and oxygen atoms in total. The van der Waals surface area contributed by atoms with Crippen molar-refractivity contribution in [3.05, 3.63) is 107 Å². The summed E-state index contributed by atoms with van der Waals surface area (Å²) < 4.78 is 6.88. The smallest absolute Gasteiger partial charge is 0.252 e. The Morgan fingerprint density at radius 2 is 1.85 bits per heavy atom. The Bertz CT molecular complexity index is 1500. The number of amides is 1. The number of H-pyrrole nitrogens is 1. The molecular weight excluding hydrogens is 430 g/mol. The summed E-state index contributed by atoms with van der Waals surface area (Å²) in [5.74, 6) is 0.834. The van der Waals surface area contributed by atoms with E-state index in [9.17, 15) is 9.59 Å². The van der Waals surface area contributed by atoms with Gasteiger partial charge in [-0.15, -0.1) is 0 Å². The number of furan rings is 1. The van der Waals surface area contributed by atoms with E-state index in [1.807, 2.05) is 61.5 Å². The van der Waals surface area contributed by atoms with Gasteiger partial charge in [-0.3, -0.25) is 14.6 Å². The highest BCUT2D eigenvalue weighted by molar-refractivity contribution is 5.92. The minimum absolute atomic E-state index is 0.176. The van der Waals surface area contributed by atoms with Crippen LogP contribution < -0.4 is 10.9 Å². The first-order valence-electron chi connectivity index (χ1n) is 10.7. The third kappa shape index (κ3) is 4.56. The number of nitrogens with zero attached hydrogens (tertiary/aromatic N) is 3. The molecule has 0 aliphatic rings. The van der Waals surface area contributed by atoms with Gasteiger partial charge in [0.25, 0.3) is 5.56 Å². The Balaban J connectivity index is 1.53. The number of aryl methyl sites for hydroxylation is 1. The molecule has 3 heterocycles. The van der Waals surface area contributed by atoms with Gasteiger partial charge in [0.05, 0.1) is 18.4 Å². The predicted molar refractivity (Wildman–Crippen MR) is 129 cm³/mol. The van der Waals surface area contributed by atoms with Gasteiger partial charge in [0.1, 0.15) is 11.5 Å². The molecule has 0 spiro atoms. The zero-order valence-corrected chi connectivity index (χ0v) is 18.4.